The van der Waals surface area contributed by atoms with E-state index in [0.717, 1.165) is 22.1 Å². The van der Waals surface area contributed by atoms with Crippen molar-refractivity contribution in [3.05, 3.63) is 86.7 Å². The standard InChI is InChI=1S/C32H29N3O8/c1-3-32(39)22-12-24-28-20(14-35(24)29(36)21(22)16-42-30(32)37)27(17(2)33-31(38)43-15-18-7-5-4-6-8-18)19-11-25-26(13-23(19)34-28)41-10-9-40-25/h4-8,11-13,17,39H,3,9-10,14-16H2,1-2H3,(H,33,38)/t17-,32+/m1/s1. The summed E-state index contributed by atoms with van der Waals surface area (Å²) in [5, 5.41) is 14.9. The minimum atomic E-state index is -1.94. The summed E-state index contributed by atoms with van der Waals surface area (Å²) in [4.78, 5) is 44.2. The van der Waals surface area contributed by atoms with Gasteiger partial charge in [-0.05, 0) is 36.6 Å². The molecule has 0 spiro atoms. The van der Waals surface area contributed by atoms with E-state index < -0.39 is 23.7 Å². The van der Waals surface area contributed by atoms with Crippen LogP contribution in [0.2, 0.25) is 0 Å². The zero-order chi connectivity index (χ0) is 29.9. The summed E-state index contributed by atoms with van der Waals surface area (Å²) in [6.07, 6.45) is -0.556. The smallest absolute Gasteiger partial charge is 0.407 e. The second kappa shape index (κ2) is 10.1. The Hall–Kier alpha value is -4.90. The molecule has 2 N–H and O–H groups in total. The van der Waals surface area contributed by atoms with Crippen LogP contribution in [0.1, 0.15) is 54.1 Å². The SMILES string of the molecule is CC[C@@]1(O)C(=O)OCc2c1cc1n(c2=O)Cc2c-1nc1cc3c(cc1c2[C@@H](C)NC(=O)OCc1ccccc1)OCCO3. The van der Waals surface area contributed by atoms with Crippen LogP contribution in [0, 0.1) is 0 Å². The average Bonchev–Trinajstić information content (AvgIpc) is 3.38. The molecule has 4 aromatic rings. The Morgan fingerprint density at radius 3 is 2.58 bits per heavy atom. The maximum Gasteiger partial charge on any atom is 0.407 e. The van der Waals surface area contributed by atoms with E-state index in [1.807, 2.05) is 43.3 Å². The first-order valence-electron chi connectivity index (χ1n) is 14.2. The van der Waals surface area contributed by atoms with Gasteiger partial charge < -0.3 is 33.9 Å². The molecule has 0 fully saturated rings. The number of alkyl carbamates (subject to hydrolysis) is 1. The van der Waals surface area contributed by atoms with E-state index in [9.17, 15) is 19.5 Å². The van der Waals surface area contributed by atoms with Gasteiger partial charge in [-0.2, -0.15) is 0 Å². The normalized spacial score (nSPS) is 18.7. The Bertz CT molecular complexity index is 1870. The van der Waals surface area contributed by atoms with Crippen molar-refractivity contribution in [1.82, 2.24) is 14.9 Å². The van der Waals surface area contributed by atoms with E-state index in [2.05, 4.69) is 5.32 Å². The lowest BCUT2D eigenvalue weighted by atomic mass is 9.86. The molecule has 220 valence electrons. The van der Waals surface area contributed by atoms with Gasteiger partial charge >= 0.3 is 12.1 Å². The van der Waals surface area contributed by atoms with Crippen molar-refractivity contribution in [3.63, 3.8) is 0 Å². The number of ether oxygens (including phenoxy) is 4. The molecule has 5 heterocycles. The van der Waals surface area contributed by atoms with Crippen molar-refractivity contribution in [1.29, 1.82) is 0 Å². The molecule has 0 unspecified atom stereocenters. The van der Waals surface area contributed by atoms with Gasteiger partial charge in [0.25, 0.3) is 5.56 Å². The molecule has 0 saturated heterocycles. The van der Waals surface area contributed by atoms with Gasteiger partial charge in [-0.15, -0.1) is 0 Å². The largest absolute Gasteiger partial charge is 0.486 e. The molecule has 2 atom stereocenters. The van der Waals surface area contributed by atoms with Crippen LogP contribution in [-0.2, 0) is 39.6 Å². The quantitative estimate of drug-likeness (QED) is 0.296. The highest BCUT2D eigenvalue weighted by Crippen LogP contribution is 2.44. The van der Waals surface area contributed by atoms with E-state index in [1.165, 1.54) is 0 Å². The lowest BCUT2D eigenvalue weighted by Crippen LogP contribution is -2.44. The summed E-state index contributed by atoms with van der Waals surface area (Å²) >= 11 is 0. The maximum atomic E-state index is 13.8. The van der Waals surface area contributed by atoms with Crippen LogP contribution in [0.3, 0.4) is 0 Å². The molecule has 0 bridgehead atoms. The predicted molar refractivity (Wildman–Crippen MR) is 154 cm³/mol. The number of amides is 1. The third-order valence-electron chi connectivity index (χ3n) is 8.38. The lowest BCUT2D eigenvalue weighted by molar-refractivity contribution is -0.172. The molecular formula is C32H29N3O8. The number of carbonyl (C=O) groups is 2. The zero-order valence-corrected chi connectivity index (χ0v) is 23.6. The predicted octanol–water partition coefficient (Wildman–Crippen LogP) is 3.84. The third-order valence-corrected chi connectivity index (χ3v) is 8.38. The number of aromatic nitrogens is 2. The number of aliphatic hydroxyl groups is 1. The molecule has 2 aromatic carbocycles. The highest BCUT2D eigenvalue weighted by atomic mass is 16.6. The molecule has 0 radical (unpaired) electrons. The van der Waals surface area contributed by atoms with E-state index in [4.69, 9.17) is 23.9 Å². The van der Waals surface area contributed by atoms with Gasteiger partial charge in [0.1, 0.15) is 26.4 Å². The molecule has 2 aromatic heterocycles. The van der Waals surface area contributed by atoms with Gasteiger partial charge in [-0.25, -0.2) is 14.6 Å². The number of pyridine rings is 2. The molecule has 3 aliphatic rings. The fourth-order valence-electron chi connectivity index (χ4n) is 6.16. The minimum Gasteiger partial charge on any atom is -0.486 e. The number of cyclic esters (lactones) is 1. The van der Waals surface area contributed by atoms with Crippen LogP contribution in [0.15, 0.2) is 53.3 Å². The van der Waals surface area contributed by atoms with Crippen LogP contribution in [0.5, 0.6) is 11.5 Å². The second-order valence-electron chi connectivity index (χ2n) is 10.9. The van der Waals surface area contributed by atoms with Crippen molar-refractivity contribution in [2.45, 2.75) is 51.7 Å². The number of fused-ring (bicyclic) bond motifs is 6. The summed E-state index contributed by atoms with van der Waals surface area (Å²) in [5.74, 6) is 0.323. The molecule has 11 heteroatoms. The fraction of sp³-hybridized carbons (Fsp3) is 0.312. The average molecular weight is 584 g/mol. The number of nitrogens with one attached hydrogen (secondary N) is 1. The van der Waals surface area contributed by atoms with Crippen molar-refractivity contribution in [2.24, 2.45) is 0 Å². The third kappa shape index (κ3) is 4.30. The van der Waals surface area contributed by atoms with E-state index >= 15 is 0 Å². The van der Waals surface area contributed by atoms with Crippen LogP contribution in [-0.4, -0.2) is 39.9 Å². The van der Waals surface area contributed by atoms with E-state index in [-0.39, 0.29) is 42.9 Å². The van der Waals surface area contributed by atoms with Crippen molar-refractivity contribution in [2.75, 3.05) is 13.2 Å². The fourth-order valence-corrected chi connectivity index (χ4v) is 6.16. The monoisotopic (exact) mass is 583 g/mol. The summed E-state index contributed by atoms with van der Waals surface area (Å²) < 4.78 is 23.9. The summed E-state index contributed by atoms with van der Waals surface area (Å²) in [7, 11) is 0. The molecule has 0 aliphatic carbocycles. The molecule has 7 rings (SSSR count). The van der Waals surface area contributed by atoms with Crippen molar-refractivity contribution < 1.29 is 33.6 Å². The Labute approximate surface area is 246 Å². The van der Waals surface area contributed by atoms with Gasteiger partial charge in [-0.3, -0.25) is 4.79 Å². The number of carbonyl (C=O) groups excluding carboxylic acids is 2. The first kappa shape index (κ1) is 27.0. The summed E-state index contributed by atoms with van der Waals surface area (Å²) in [6.45, 7) is 4.37. The number of esters is 1. The van der Waals surface area contributed by atoms with Crippen LogP contribution >= 0.6 is 0 Å². The second-order valence-corrected chi connectivity index (χ2v) is 10.9. The Morgan fingerprint density at radius 2 is 1.84 bits per heavy atom. The topological polar surface area (TPSA) is 138 Å². The number of rotatable bonds is 5. The molecule has 11 nitrogen and oxygen atoms in total. The molecule has 1 amide bonds. The first-order valence-corrected chi connectivity index (χ1v) is 14.2. The highest BCUT2D eigenvalue weighted by Gasteiger charge is 2.45. The molecule has 43 heavy (non-hydrogen) atoms. The minimum absolute atomic E-state index is 0.0422. The Kier molecular flexibility index (Phi) is 6.35. The number of hydrogen-bond acceptors (Lipinski definition) is 9. The molecule has 0 saturated carbocycles. The first-order chi connectivity index (χ1) is 20.8. The Morgan fingerprint density at radius 1 is 1.09 bits per heavy atom. The zero-order valence-electron chi connectivity index (χ0n) is 23.6. The van der Waals surface area contributed by atoms with Gasteiger partial charge in [0.05, 0.1) is 35.1 Å². The van der Waals surface area contributed by atoms with Crippen LogP contribution < -0.4 is 20.3 Å². The molecular weight excluding hydrogens is 554 g/mol. The van der Waals surface area contributed by atoms with Gasteiger partial charge in [-0.1, -0.05) is 37.3 Å². The van der Waals surface area contributed by atoms with Crippen LogP contribution in [0.25, 0.3) is 22.3 Å². The van der Waals surface area contributed by atoms with Crippen molar-refractivity contribution in [3.8, 4) is 22.9 Å². The number of hydrogen-bond donors (Lipinski definition) is 2. The van der Waals surface area contributed by atoms with E-state index in [0.29, 0.717) is 41.6 Å². The summed E-state index contributed by atoms with van der Waals surface area (Å²) in [5.41, 5.74) is 2.06. The highest BCUT2D eigenvalue weighted by molar-refractivity contribution is 5.92. The lowest BCUT2D eigenvalue weighted by Gasteiger charge is -2.31. The Balaban J connectivity index is 1.35. The van der Waals surface area contributed by atoms with Gasteiger partial charge in [0.15, 0.2) is 17.1 Å². The number of nitrogens with zero attached hydrogens (tertiary/aromatic N) is 2. The molecule has 3 aliphatic heterocycles. The van der Waals surface area contributed by atoms with Gasteiger partial charge in [0.2, 0.25) is 0 Å². The van der Waals surface area contributed by atoms with E-state index in [1.54, 1.807) is 23.6 Å². The maximum absolute atomic E-state index is 13.8. The summed E-state index contributed by atoms with van der Waals surface area (Å²) in [6, 6.07) is 14.1. The van der Waals surface area contributed by atoms with Crippen LogP contribution in [0.4, 0.5) is 4.79 Å². The van der Waals surface area contributed by atoms with Crippen molar-refractivity contribution >= 4 is 23.0 Å². The number of benzene rings is 2. The van der Waals surface area contributed by atoms with Gasteiger partial charge in [0, 0.05) is 22.6 Å².